The number of hydrogen-bond donors (Lipinski definition) is 2. The number of piperazine rings is 1. The Hall–Kier alpha value is -1.69. The molecule has 126 valence electrons. The molecular formula is C19H23N3OS. The van der Waals surface area contributed by atoms with Crippen molar-refractivity contribution in [1.82, 2.24) is 15.5 Å². The third-order valence-corrected chi connectivity index (χ3v) is 6.02. The van der Waals surface area contributed by atoms with Gasteiger partial charge in [0.1, 0.15) is 5.54 Å². The van der Waals surface area contributed by atoms with E-state index in [2.05, 4.69) is 56.6 Å². The minimum absolute atomic E-state index is 0.153. The fourth-order valence-corrected chi connectivity index (χ4v) is 4.74. The fraction of sp³-hybridized carbons (Fsp3) is 0.421. The predicted octanol–water partition coefficient (Wildman–Crippen LogP) is 2.11. The zero-order valence-corrected chi connectivity index (χ0v) is 14.6. The molecule has 24 heavy (non-hydrogen) atoms. The van der Waals surface area contributed by atoms with Crippen molar-refractivity contribution in [2.24, 2.45) is 0 Å². The molecule has 2 aromatic rings. The van der Waals surface area contributed by atoms with Crippen LogP contribution in [0.15, 0.2) is 41.1 Å². The largest absolute Gasteiger partial charge is 0.350 e. The quantitative estimate of drug-likeness (QED) is 0.895. The second-order valence-electron chi connectivity index (χ2n) is 6.57. The summed E-state index contributed by atoms with van der Waals surface area (Å²) in [5, 5.41) is 10.8. The summed E-state index contributed by atoms with van der Waals surface area (Å²) in [5.74, 6) is 0.153. The van der Waals surface area contributed by atoms with Crippen LogP contribution in [-0.2, 0) is 23.3 Å². The van der Waals surface area contributed by atoms with Gasteiger partial charge in [-0.1, -0.05) is 24.3 Å². The van der Waals surface area contributed by atoms with Gasteiger partial charge in [-0.15, -0.1) is 0 Å². The number of amides is 1. The first kappa shape index (κ1) is 15.8. The van der Waals surface area contributed by atoms with E-state index in [1.54, 1.807) is 11.3 Å². The molecule has 1 aromatic carbocycles. The number of carbonyl (C=O) groups is 1. The van der Waals surface area contributed by atoms with Crippen LogP contribution in [0.3, 0.4) is 0 Å². The lowest BCUT2D eigenvalue weighted by Gasteiger charge is -2.43. The van der Waals surface area contributed by atoms with Gasteiger partial charge in [0.05, 0.1) is 0 Å². The van der Waals surface area contributed by atoms with Crippen molar-refractivity contribution < 1.29 is 4.79 Å². The minimum atomic E-state index is -0.505. The van der Waals surface area contributed by atoms with Crippen LogP contribution in [0.25, 0.3) is 0 Å². The third-order valence-electron chi connectivity index (χ3n) is 5.28. The maximum Gasteiger partial charge on any atom is 0.245 e. The van der Waals surface area contributed by atoms with Crippen LogP contribution < -0.4 is 10.6 Å². The van der Waals surface area contributed by atoms with Crippen molar-refractivity contribution >= 4 is 17.2 Å². The topological polar surface area (TPSA) is 44.4 Å². The average molecular weight is 341 g/mol. The van der Waals surface area contributed by atoms with E-state index in [-0.39, 0.29) is 5.91 Å². The van der Waals surface area contributed by atoms with E-state index in [1.165, 1.54) is 16.7 Å². The summed E-state index contributed by atoms with van der Waals surface area (Å²) >= 11 is 1.67. The summed E-state index contributed by atoms with van der Waals surface area (Å²) in [6, 6.07) is 10.5. The lowest BCUT2D eigenvalue weighted by Crippen LogP contribution is -2.60. The maximum absolute atomic E-state index is 13.4. The number of aryl methyl sites for hydroxylation is 1. The van der Waals surface area contributed by atoms with E-state index >= 15 is 0 Å². The van der Waals surface area contributed by atoms with E-state index in [0.29, 0.717) is 6.54 Å². The standard InChI is InChI=1S/C19H23N3OS/c23-18(21-13-15-6-12-24-14-15)19(22-10-8-20-9-11-22)7-5-16-3-1-2-4-17(16)19/h1-4,6,12,14,20H,5,7-11,13H2,(H,21,23)/t19-/m0/s1. The zero-order valence-electron chi connectivity index (χ0n) is 13.8. The molecule has 2 N–H and O–H groups in total. The van der Waals surface area contributed by atoms with E-state index in [0.717, 1.165) is 39.0 Å². The van der Waals surface area contributed by atoms with Crippen molar-refractivity contribution in [3.63, 3.8) is 0 Å². The Morgan fingerprint density at radius 2 is 2.08 bits per heavy atom. The Kier molecular flexibility index (Phi) is 4.39. The number of benzene rings is 1. The van der Waals surface area contributed by atoms with Crippen LogP contribution >= 0.6 is 11.3 Å². The maximum atomic E-state index is 13.4. The predicted molar refractivity (Wildman–Crippen MR) is 97.0 cm³/mol. The second-order valence-corrected chi connectivity index (χ2v) is 7.35. The van der Waals surface area contributed by atoms with E-state index < -0.39 is 5.54 Å². The lowest BCUT2D eigenvalue weighted by atomic mass is 9.87. The van der Waals surface area contributed by atoms with E-state index in [1.807, 2.05) is 0 Å². The minimum Gasteiger partial charge on any atom is -0.350 e. The van der Waals surface area contributed by atoms with Crippen LogP contribution in [-0.4, -0.2) is 37.0 Å². The Morgan fingerprint density at radius 3 is 2.88 bits per heavy atom. The van der Waals surface area contributed by atoms with Crippen LogP contribution in [0.5, 0.6) is 0 Å². The Labute approximate surface area is 146 Å². The number of nitrogens with zero attached hydrogens (tertiary/aromatic N) is 1. The van der Waals surface area contributed by atoms with Gasteiger partial charge in [0, 0.05) is 32.7 Å². The smallest absolute Gasteiger partial charge is 0.245 e. The molecule has 1 aromatic heterocycles. The number of fused-ring (bicyclic) bond motifs is 1. The van der Waals surface area contributed by atoms with E-state index in [4.69, 9.17) is 0 Å². The monoisotopic (exact) mass is 341 g/mol. The van der Waals surface area contributed by atoms with Crippen LogP contribution in [0.4, 0.5) is 0 Å². The van der Waals surface area contributed by atoms with Crippen LogP contribution in [0.1, 0.15) is 23.1 Å². The molecule has 0 unspecified atom stereocenters. The fourth-order valence-electron chi connectivity index (χ4n) is 4.07. The molecule has 0 radical (unpaired) electrons. The molecule has 0 bridgehead atoms. The Bertz CT molecular complexity index is 709. The first-order valence-electron chi connectivity index (χ1n) is 8.64. The molecule has 1 fully saturated rings. The Morgan fingerprint density at radius 1 is 1.25 bits per heavy atom. The summed E-state index contributed by atoms with van der Waals surface area (Å²) < 4.78 is 0. The van der Waals surface area contributed by atoms with Gasteiger partial charge in [-0.05, 0) is 46.4 Å². The van der Waals surface area contributed by atoms with Gasteiger partial charge >= 0.3 is 0 Å². The molecule has 1 amide bonds. The van der Waals surface area contributed by atoms with Crippen molar-refractivity contribution in [2.45, 2.75) is 24.9 Å². The van der Waals surface area contributed by atoms with Gasteiger partial charge < -0.3 is 10.6 Å². The summed E-state index contributed by atoms with van der Waals surface area (Å²) in [6.07, 6.45) is 1.85. The lowest BCUT2D eigenvalue weighted by molar-refractivity contribution is -0.135. The van der Waals surface area contributed by atoms with Crippen LogP contribution in [0, 0.1) is 0 Å². The van der Waals surface area contributed by atoms with Crippen molar-refractivity contribution in [3.05, 3.63) is 57.8 Å². The first-order valence-corrected chi connectivity index (χ1v) is 9.58. The molecule has 1 aliphatic carbocycles. The van der Waals surface area contributed by atoms with Gasteiger partial charge in [0.2, 0.25) is 5.91 Å². The Balaban J connectivity index is 1.65. The van der Waals surface area contributed by atoms with Gasteiger partial charge in [-0.25, -0.2) is 0 Å². The number of hydrogen-bond acceptors (Lipinski definition) is 4. The molecule has 1 atom stereocenters. The van der Waals surface area contributed by atoms with E-state index in [9.17, 15) is 4.79 Å². The van der Waals surface area contributed by atoms with Crippen molar-refractivity contribution in [2.75, 3.05) is 26.2 Å². The summed E-state index contributed by atoms with van der Waals surface area (Å²) in [4.78, 5) is 15.7. The molecule has 2 aliphatic rings. The highest BCUT2D eigenvalue weighted by Crippen LogP contribution is 2.42. The normalized spacial score (nSPS) is 23.8. The molecule has 4 nitrogen and oxygen atoms in total. The summed E-state index contributed by atoms with van der Waals surface area (Å²) in [7, 11) is 0. The molecular weight excluding hydrogens is 318 g/mol. The highest BCUT2D eigenvalue weighted by atomic mass is 32.1. The third kappa shape index (κ3) is 2.66. The average Bonchev–Trinajstić information content (AvgIpc) is 3.29. The number of nitrogens with one attached hydrogen (secondary N) is 2. The first-order chi connectivity index (χ1) is 11.8. The van der Waals surface area contributed by atoms with Crippen LogP contribution in [0.2, 0.25) is 0 Å². The van der Waals surface area contributed by atoms with Crippen molar-refractivity contribution in [3.8, 4) is 0 Å². The molecule has 5 heteroatoms. The molecule has 2 heterocycles. The number of rotatable bonds is 4. The van der Waals surface area contributed by atoms with Gasteiger partial charge in [-0.2, -0.15) is 11.3 Å². The summed E-state index contributed by atoms with van der Waals surface area (Å²) in [5.41, 5.74) is 3.20. The zero-order chi connectivity index (χ0) is 16.4. The number of carbonyl (C=O) groups excluding carboxylic acids is 1. The number of thiophene rings is 1. The SMILES string of the molecule is O=C(NCc1ccsc1)[C@]1(N2CCNCC2)CCc2ccccc21. The molecule has 4 rings (SSSR count). The molecule has 0 saturated carbocycles. The molecule has 1 saturated heterocycles. The van der Waals surface area contributed by atoms with Crippen molar-refractivity contribution in [1.29, 1.82) is 0 Å². The van der Waals surface area contributed by atoms with Gasteiger partial charge in [0.25, 0.3) is 0 Å². The van der Waals surface area contributed by atoms with Gasteiger partial charge in [0.15, 0.2) is 0 Å². The highest BCUT2D eigenvalue weighted by Gasteiger charge is 2.49. The second kappa shape index (κ2) is 6.67. The highest BCUT2D eigenvalue weighted by molar-refractivity contribution is 7.07. The molecule has 1 aliphatic heterocycles. The summed E-state index contributed by atoms with van der Waals surface area (Å²) in [6.45, 7) is 4.34. The van der Waals surface area contributed by atoms with Gasteiger partial charge in [-0.3, -0.25) is 9.69 Å². The molecule has 0 spiro atoms.